The first-order valence-electron chi connectivity index (χ1n) is 4.35. The number of amides is 1. The van der Waals surface area contributed by atoms with Crippen molar-refractivity contribution in [3.63, 3.8) is 0 Å². The molecule has 0 aliphatic heterocycles. The molecule has 1 N–H and O–H groups in total. The van der Waals surface area contributed by atoms with Gasteiger partial charge in [-0.2, -0.15) is 0 Å². The van der Waals surface area contributed by atoms with Crippen LogP contribution in [-0.2, 0) is 9.84 Å². The number of carbonyl (C=O) groups excluding carboxylic acids is 1. The number of rotatable bonds is 3. The minimum Gasteiger partial charge on any atom is -0.334 e. The van der Waals surface area contributed by atoms with Gasteiger partial charge in [0, 0.05) is 24.7 Å². The molecule has 0 spiro atoms. The molecule has 15 heavy (non-hydrogen) atoms. The average Bonchev–Trinajstić information content (AvgIpc) is 2.50. The standard InChI is InChI=1S/C8H13N3O3S/c1-7(5-15(2,13)14)10-8(12)11-4-3-9-6-11/h3-4,6-7H,5H2,1-2H3,(H,10,12). The summed E-state index contributed by atoms with van der Waals surface area (Å²) in [5.41, 5.74) is 0. The van der Waals surface area contributed by atoms with Crippen molar-refractivity contribution < 1.29 is 13.2 Å². The van der Waals surface area contributed by atoms with E-state index in [0.717, 1.165) is 6.26 Å². The van der Waals surface area contributed by atoms with E-state index in [0.29, 0.717) is 0 Å². The third-order valence-electron chi connectivity index (χ3n) is 1.66. The molecule has 0 bridgehead atoms. The van der Waals surface area contributed by atoms with Gasteiger partial charge in [-0.25, -0.2) is 18.2 Å². The lowest BCUT2D eigenvalue weighted by atomic mass is 10.4. The zero-order chi connectivity index (χ0) is 11.5. The van der Waals surface area contributed by atoms with E-state index in [4.69, 9.17) is 0 Å². The molecule has 1 aromatic rings. The fourth-order valence-electron chi connectivity index (χ4n) is 1.16. The van der Waals surface area contributed by atoms with E-state index in [-0.39, 0.29) is 11.8 Å². The maximum absolute atomic E-state index is 11.4. The smallest absolute Gasteiger partial charge is 0.327 e. The number of aromatic nitrogens is 2. The predicted octanol–water partition coefficient (Wildman–Crippen LogP) is -0.126. The van der Waals surface area contributed by atoms with Crippen LogP contribution in [0.25, 0.3) is 0 Å². The van der Waals surface area contributed by atoms with E-state index in [1.54, 1.807) is 6.92 Å². The van der Waals surface area contributed by atoms with Crippen molar-refractivity contribution in [2.45, 2.75) is 13.0 Å². The molecule has 84 valence electrons. The van der Waals surface area contributed by atoms with Crippen LogP contribution >= 0.6 is 0 Å². The number of hydrogen-bond donors (Lipinski definition) is 1. The molecule has 6 nitrogen and oxygen atoms in total. The summed E-state index contributed by atoms with van der Waals surface area (Å²) in [5, 5.41) is 2.54. The molecular formula is C8H13N3O3S. The van der Waals surface area contributed by atoms with Gasteiger partial charge in [-0.05, 0) is 6.92 Å². The van der Waals surface area contributed by atoms with Crippen LogP contribution in [0, 0.1) is 0 Å². The first kappa shape index (κ1) is 11.7. The van der Waals surface area contributed by atoms with Gasteiger partial charge in [-0.1, -0.05) is 0 Å². The Morgan fingerprint density at radius 2 is 2.27 bits per heavy atom. The Morgan fingerprint density at radius 1 is 1.60 bits per heavy atom. The molecule has 1 aromatic heterocycles. The number of nitrogens with one attached hydrogen (secondary N) is 1. The third-order valence-corrected chi connectivity index (χ3v) is 2.77. The highest BCUT2D eigenvalue weighted by Gasteiger charge is 2.13. The average molecular weight is 231 g/mol. The second-order valence-corrected chi connectivity index (χ2v) is 5.60. The second-order valence-electron chi connectivity index (χ2n) is 3.41. The largest absolute Gasteiger partial charge is 0.334 e. The Hall–Kier alpha value is -1.37. The summed E-state index contributed by atoms with van der Waals surface area (Å²) in [6.07, 6.45) is 5.44. The first-order valence-corrected chi connectivity index (χ1v) is 6.41. The summed E-state index contributed by atoms with van der Waals surface area (Å²) in [7, 11) is -3.08. The molecule has 1 unspecified atom stereocenters. The maximum atomic E-state index is 11.4. The van der Waals surface area contributed by atoms with Gasteiger partial charge < -0.3 is 5.32 Å². The molecule has 7 heteroatoms. The maximum Gasteiger partial charge on any atom is 0.327 e. The summed E-state index contributed by atoms with van der Waals surface area (Å²) in [5.74, 6) is -0.0760. The first-order chi connectivity index (χ1) is 6.88. The highest BCUT2D eigenvalue weighted by atomic mass is 32.2. The summed E-state index contributed by atoms with van der Waals surface area (Å²) in [6.45, 7) is 1.63. The molecule has 0 saturated heterocycles. The van der Waals surface area contributed by atoms with Gasteiger partial charge in [0.25, 0.3) is 0 Å². The Balaban J connectivity index is 2.53. The lowest BCUT2D eigenvalue weighted by molar-refractivity contribution is 0.240. The molecule has 1 atom stereocenters. The number of sulfone groups is 1. The molecule has 0 saturated carbocycles. The van der Waals surface area contributed by atoms with Gasteiger partial charge in [-0.3, -0.25) is 4.57 Å². The van der Waals surface area contributed by atoms with Crippen LogP contribution in [0.15, 0.2) is 18.7 Å². The van der Waals surface area contributed by atoms with Crippen LogP contribution in [-0.4, -0.2) is 42.1 Å². The number of carbonyl (C=O) groups is 1. The van der Waals surface area contributed by atoms with Crippen LogP contribution in [0.2, 0.25) is 0 Å². The van der Waals surface area contributed by atoms with Crippen molar-refractivity contribution in [2.24, 2.45) is 0 Å². The zero-order valence-corrected chi connectivity index (χ0v) is 9.36. The lowest BCUT2D eigenvalue weighted by Crippen LogP contribution is -2.39. The fourth-order valence-corrected chi connectivity index (χ4v) is 2.15. The van der Waals surface area contributed by atoms with Crippen molar-refractivity contribution in [3.8, 4) is 0 Å². The molecule has 0 fully saturated rings. The molecule has 1 heterocycles. The van der Waals surface area contributed by atoms with Crippen molar-refractivity contribution in [1.29, 1.82) is 0 Å². The number of hydrogen-bond acceptors (Lipinski definition) is 4. The summed E-state index contributed by atoms with van der Waals surface area (Å²) in [6, 6.07) is -0.807. The number of imidazole rings is 1. The minimum absolute atomic E-state index is 0.0760. The Morgan fingerprint density at radius 3 is 2.73 bits per heavy atom. The normalized spacial score (nSPS) is 13.5. The van der Waals surface area contributed by atoms with E-state index >= 15 is 0 Å². The quantitative estimate of drug-likeness (QED) is 0.786. The molecule has 0 aromatic carbocycles. The van der Waals surface area contributed by atoms with Crippen molar-refractivity contribution >= 4 is 15.9 Å². The minimum atomic E-state index is -3.08. The monoisotopic (exact) mass is 231 g/mol. The number of nitrogens with zero attached hydrogens (tertiary/aromatic N) is 2. The highest BCUT2D eigenvalue weighted by Crippen LogP contribution is 1.92. The van der Waals surface area contributed by atoms with E-state index in [1.807, 2.05) is 0 Å². The Bertz CT molecular complexity index is 424. The molecule has 0 radical (unpaired) electrons. The van der Waals surface area contributed by atoms with E-state index < -0.39 is 15.9 Å². The summed E-state index contributed by atoms with van der Waals surface area (Å²) in [4.78, 5) is 15.1. The Labute approximate surface area is 88.2 Å². The van der Waals surface area contributed by atoms with Gasteiger partial charge in [0.15, 0.2) is 0 Å². The lowest BCUT2D eigenvalue weighted by Gasteiger charge is -2.12. The van der Waals surface area contributed by atoms with Crippen LogP contribution in [0.5, 0.6) is 0 Å². The van der Waals surface area contributed by atoms with E-state index in [9.17, 15) is 13.2 Å². The second kappa shape index (κ2) is 4.43. The van der Waals surface area contributed by atoms with Crippen molar-refractivity contribution in [3.05, 3.63) is 18.7 Å². The molecule has 1 rings (SSSR count). The molecule has 0 aliphatic carbocycles. The van der Waals surface area contributed by atoms with E-state index in [1.165, 1.54) is 23.3 Å². The molecular weight excluding hydrogens is 218 g/mol. The van der Waals surface area contributed by atoms with Gasteiger partial charge in [0.2, 0.25) is 0 Å². The molecule has 0 aliphatic rings. The van der Waals surface area contributed by atoms with Gasteiger partial charge >= 0.3 is 6.03 Å². The highest BCUT2D eigenvalue weighted by molar-refractivity contribution is 7.90. The van der Waals surface area contributed by atoms with Gasteiger partial charge in [0.05, 0.1) is 5.75 Å². The summed E-state index contributed by atoms with van der Waals surface area (Å²) >= 11 is 0. The van der Waals surface area contributed by atoms with Crippen LogP contribution in [0.3, 0.4) is 0 Å². The predicted molar refractivity (Wildman–Crippen MR) is 55.3 cm³/mol. The van der Waals surface area contributed by atoms with Crippen molar-refractivity contribution in [2.75, 3.05) is 12.0 Å². The van der Waals surface area contributed by atoms with Crippen LogP contribution < -0.4 is 5.32 Å². The molecule has 1 amide bonds. The van der Waals surface area contributed by atoms with Crippen molar-refractivity contribution in [1.82, 2.24) is 14.9 Å². The fraction of sp³-hybridized carbons (Fsp3) is 0.500. The third kappa shape index (κ3) is 4.11. The summed E-state index contributed by atoms with van der Waals surface area (Å²) < 4.78 is 23.1. The van der Waals surface area contributed by atoms with E-state index in [2.05, 4.69) is 10.3 Å². The topological polar surface area (TPSA) is 81.1 Å². The van der Waals surface area contributed by atoms with Crippen LogP contribution in [0.4, 0.5) is 4.79 Å². The zero-order valence-electron chi connectivity index (χ0n) is 8.54. The van der Waals surface area contributed by atoms with Gasteiger partial charge in [-0.15, -0.1) is 0 Å². The SMILES string of the molecule is CC(CS(C)(=O)=O)NC(=O)n1ccnc1. The Kier molecular flexibility index (Phi) is 3.46. The van der Waals surface area contributed by atoms with Gasteiger partial charge in [0.1, 0.15) is 16.2 Å². The van der Waals surface area contributed by atoms with Crippen LogP contribution in [0.1, 0.15) is 6.92 Å².